The van der Waals surface area contributed by atoms with Crippen molar-refractivity contribution in [2.75, 3.05) is 18.0 Å². The van der Waals surface area contributed by atoms with Crippen molar-refractivity contribution in [2.24, 2.45) is 5.73 Å². The van der Waals surface area contributed by atoms with E-state index in [0.717, 1.165) is 25.9 Å². The molecular formula is C15H17N3O3. The molecule has 2 fully saturated rings. The van der Waals surface area contributed by atoms with Gasteiger partial charge in [0.25, 0.3) is 5.91 Å². The van der Waals surface area contributed by atoms with Crippen LogP contribution in [0.3, 0.4) is 0 Å². The van der Waals surface area contributed by atoms with E-state index in [-0.39, 0.29) is 24.3 Å². The molecule has 3 rings (SSSR count). The molecule has 1 aromatic rings. The molecule has 0 spiro atoms. The topological polar surface area (TPSA) is 83.7 Å². The Hall–Kier alpha value is -2.21. The number of rotatable bonds is 3. The predicted octanol–water partition coefficient (Wildman–Crippen LogP) is 0.513. The maximum Gasteiger partial charge on any atom is 0.251 e. The number of anilines is 1. The lowest BCUT2D eigenvalue weighted by molar-refractivity contribution is -0.122. The third-order valence-corrected chi connectivity index (χ3v) is 4.11. The minimum absolute atomic E-state index is 0.172. The van der Waals surface area contributed by atoms with Gasteiger partial charge in [-0.3, -0.25) is 19.3 Å². The Labute approximate surface area is 122 Å². The molecule has 0 aromatic heterocycles. The Morgan fingerprint density at radius 2 is 1.71 bits per heavy atom. The molecule has 0 aliphatic carbocycles. The average Bonchev–Trinajstić information content (AvgIpc) is 3.07. The van der Waals surface area contributed by atoms with Crippen LogP contribution in [-0.2, 0) is 9.59 Å². The summed E-state index contributed by atoms with van der Waals surface area (Å²) in [6.07, 6.45) is 2.38. The van der Waals surface area contributed by atoms with Crippen molar-refractivity contribution in [3.8, 4) is 0 Å². The van der Waals surface area contributed by atoms with Crippen LogP contribution in [0.4, 0.5) is 5.69 Å². The van der Waals surface area contributed by atoms with E-state index in [0.29, 0.717) is 11.3 Å². The van der Waals surface area contributed by atoms with Crippen LogP contribution in [-0.4, -0.2) is 41.8 Å². The molecule has 2 aliphatic rings. The van der Waals surface area contributed by atoms with Gasteiger partial charge >= 0.3 is 0 Å². The standard InChI is InChI=1S/C15H17N3O3/c16-14(20)10-3-5-11(6-4-10)18-13(19)9-12(15(18)21)17-7-1-2-8-17/h3-6,12H,1-2,7-9H2,(H2,16,20). The van der Waals surface area contributed by atoms with Gasteiger partial charge in [-0.15, -0.1) is 0 Å². The van der Waals surface area contributed by atoms with Crippen LogP contribution >= 0.6 is 0 Å². The zero-order valence-corrected chi connectivity index (χ0v) is 11.6. The maximum absolute atomic E-state index is 12.5. The van der Waals surface area contributed by atoms with E-state index in [4.69, 9.17) is 5.73 Å². The number of benzene rings is 1. The van der Waals surface area contributed by atoms with Gasteiger partial charge in [0.15, 0.2) is 0 Å². The zero-order valence-electron chi connectivity index (χ0n) is 11.6. The Kier molecular flexibility index (Phi) is 3.47. The van der Waals surface area contributed by atoms with Crippen molar-refractivity contribution in [2.45, 2.75) is 25.3 Å². The molecule has 0 radical (unpaired) electrons. The molecule has 2 saturated heterocycles. The van der Waals surface area contributed by atoms with Crippen LogP contribution in [0, 0.1) is 0 Å². The number of hydrogen-bond donors (Lipinski definition) is 1. The van der Waals surface area contributed by atoms with E-state index in [2.05, 4.69) is 4.90 Å². The van der Waals surface area contributed by atoms with Crippen molar-refractivity contribution in [3.05, 3.63) is 29.8 Å². The fourth-order valence-electron chi connectivity index (χ4n) is 3.00. The smallest absolute Gasteiger partial charge is 0.251 e. The Morgan fingerprint density at radius 1 is 1.10 bits per heavy atom. The van der Waals surface area contributed by atoms with Gasteiger partial charge in [-0.25, -0.2) is 4.90 Å². The van der Waals surface area contributed by atoms with Crippen molar-refractivity contribution < 1.29 is 14.4 Å². The Bertz CT molecular complexity index is 591. The Morgan fingerprint density at radius 3 is 2.29 bits per heavy atom. The molecule has 6 nitrogen and oxygen atoms in total. The second-order valence-electron chi connectivity index (χ2n) is 5.44. The van der Waals surface area contributed by atoms with Crippen LogP contribution in [0.15, 0.2) is 24.3 Å². The van der Waals surface area contributed by atoms with E-state index >= 15 is 0 Å². The fourth-order valence-corrected chi connectivity index (χ4v) is 3.00. The lowest BCUT2D eigenvalue weighted by atomic mass is 10.2. The van der Waals surface area contributed by atoms with E-state index in [1.807, 2.05) is 0 Å². The van der Waals surface area contributed by atoms with Crippen molar-refractivity contribution >= 4 is 23.4 Å². The molecule has 2 aliphatic heterocycles. The van der Waals surface area contributed by atoms with E-state index < -0.39 is 5.91 Å². The molecule has 2 N–H and O–H groups in total. The van der Waals surface area contributed by atoms with Gasteiger partial charge in [0.05, 0.1) is 18.2 Å². The number of nitrogens with zero attached hydrogens (tertiary/aromatic N) is 2. The van der Waals surface area contributed by atoms with Crippen molar-refractivity contribution in [3.63, 3.8) is 0 Å². The van der Waals surface area contributed by atoms with Gasteiger partial charge in [0.1, 0.15) is 0 Å². The molecular weight excluding hydrogens is 270 g/mol. The zero-order chi connectivity index (χ0) is 15.0. The largest absolute Gasteiger partial charge is 0.366 e. The number of amides is 3. The highest BCUT2D eigenvalue weighted by Gasteiger charge is 2.43. The first-order valence-corrected chi connectivity index (χ1v) is 7.08. The van der Waals surface area contributed by atoms with Crippen molar-refractivity contribution in [1.29, 1.82) is 0 Å². The summed E-state index contributed by atoms with van der Waals surface area (Å²) < 4.78 is 0. The molecule has 2 heterocycles. The first-order valence-electron chi connectivity index (χ1n) is 7.08. The monoisotopic (exact) mass is 287 g/mol. The normalized spacial score (nSPS) is 23.0. The van der Waals surface area contributed by atoms with E-state index in [1.54, 1.807) is 12.1 Å². The average molecular weight is 287 g/mol. The van der Waals surface area contributed by atoms with Crippen LogP contribution in [0.25, 0.3) is 0 Å². The first kappa shape index (κ1) is 13.8. The van der Waals surface area contributed by atoms with Gasteiger partial charge in [-0.2, -0.15) is 0 Å². The third-order valence-electron chi connectivity index (χ3n) is 4.11. The summed E-state index contributed by atoms with van der Waals surface area (Å²) in [4.78, 5) is 39.0. The highest BCUT2D eigenvalue weighted by atomic mass is 16.2. The fraction of sp³-hybridized carbons (Fsp3) is 0.400. The summed E-state index contributed by atoms with van der Waals surface area (Å²) in [6.45, 7) is 1.75. The summed E-state index contributed by atoms with van der Waals surface area (Å²) in [5.41, 5.74) is 6.04. The minimum atomic E-state index is -0.532. The summed E-state index contributed by atoms with van der Waals surface area (Å²) >= 11 is 0. The van der Waals surface area contributed by atoms with Gasteiger partial charge in [-0.05, 0) is 50.2 Å². The van der Waals surface area contributed by atoms with Crippen LogP contribution in [0.1, 0.15) is 29.6 Å². The molecule has 1 atom stereocenters. The van der Waals surface area contributed by atoms with Crippen LogP contribution in [0.5, 0.6) is 0 Å². The molecule has 6 heteroatoms. The van der Waals surface area contributed by atoms with Gasteiger partial charge in [0.2, 0.25) is 11.8 Å². The maximum atomic E-state index is 12.5. The van der Waals surface area contributed by atoms with Gasteiger partial charge in [0, 0.05) is 5.56 Å². The highest BCUT2D eigenvalue weighted by Crippen LogP contribution is 2.27. The lowest BCUT2D eigenvalue weighted by Gasteiger charge is -2.21. The van der Waals surface area contributed by atoms with Gasteiger partial charge in [-0.1, -0.05) is 0 Å². The SMILES string of the molecule is NC(=O)c1ccc(N2C(=O)CC(N3CCCC3)C2=O)cc1. The predicted molar refractivity (Wildman–Crippen MR) is 76.7 cm³/mol. The van der Waals surface area contributed by atoms with Gasteiger partial charge < -0.3 is 5.73 Å². The van der Waals surface area contributed by atoms with Crippen LogP contribution < -0.4 is 10.6 Å². The molecule has 3 amide bonds. The molecule has 0 bridgehead atoms. The third kappa shape index (κ3) is 2.42. The number of nitrogens with two attached hydrogens (primary N) is 1. The number of imide groups is 1. The molecule has 110 valence electrons. The molecule has 0 saturated carbocycles. The summed E-state index contributed by atoms with van der Waals surface area (Å²) in [7, 11) is 0. The highest BCUT2D eigenvalue weighted by molar-refractivity contribution is 6.22. The summed E-state index contributed by atoms with van der Waals surface area (Å²) in [5, 5.41) is 0. The number of carbonyl (C=O) groups excluding carboxylic acids is 3. The lowest BCUT2D eigenvalue weighted by Crippen LogP contribution is -2.40. The number of carbonyl (C=O) groups is 3. The minimum Gasteiger partial charge on any atom is -0.366 e. The first-order chi connectivity index (χ1) is 10.1. The van der Waals surface area contributed by atoms with E-state index in [9.17, 15) is 14.4 Å². The van der Waals surface area contributed by atoms with Crippen LogP contribution in [0.2, 0.25) is 0 Å². The van der Waals surface area contributed by atoms with Crippen molar-refractivity contribution in [1.82, 2.24) is 4.90 Å². The quantitative estimate of drug-likeness (QED) is 0.821. The number of primary amides is 1. The molecule has 1 unspecified atom stereocenters. The molecule has 21 heavy (non-hydrogen) atoms. The number of hydrogen-bond acceptors (Lipinski definition) is 4. The molecule has 1 aromatic carbocycles. The second kappa shape index (κ2) is 5.29. The Balaban J connectivity index is 1.82. The summed E-state index contributed by atoms with van der Waals surface area (Å²) in [6, 6.07) is 5.89. The second-order valence-corrected chi connectivity index (χ2v) is 5.44. The number of likely N-dealkylation sites (tertiary alicyclic amines) is 1. The van der Waals surface area contributed by atoms with E-state index in [1.165, 1.54) is 17.0 Å². The summed E-state index contributed by atoms with van der Waals surface area (Å²) in [5.74, 6) is -0.895.